The first-order chi connectivity index (χ1) is 6.50. The lowest BCUT2D eigenvalue weighted by Crippen LogP contribution is -2.34. The zero-order valence-corrected chi connectivity index (χ0v) is 6.75. The Morgan fingerprint density at radius 1 is 1.57 bits per heavy atom. The Hall–Kier alpha value is -1.73. The van der Waals surface area contributed by atoms with Gasteiger partial charge in [0.05, 0.1) is 12.8 Å². The quantitative estimate of drug-likeness (QED) is 0.609. The molecule has 1 amide bonds. The van der Waals surface area contributed by atoms with E-state index >= 15 is 0 Å². The maximum Gasteiger partial charge on any atom is 0.473 e. The molecule has 14 heavy (non-hydrogen) atoms. The van der Waals surface area contributed by atoms with Crippen LogP contribution in [0.15, 0.2) is 15.1 Å². The van der Waals surface area contributed by atoms with Crippen molar-refractivity contribution in [3.05, 3.63) is 0 Å². The van der Waals surface area contributed by atoms with Crippen LogP contribution in [0, 0.1) is 0 Å². The molecule has 0 aliphatic carbocycles. The van der Waals surface area contributed by atoms with E-state index in [1.54, 1.807) is 0 Å². The summed E-state index contributed by atoms with van der Waals surface area (Å²) in [6, 6.07) is 0. The number of nitrogens with one attached hydrogen (secondary N) is 1. The fraction of sp³-hybridized carbons (Fsp3) is 0.333. The Kier molecular flexibility index (Phi) is 2.95. The first kappa shape index (κ1) is 10.4. The summed E-state index contributed by atoms with van der Waals surface area (Å²) < 4.78 is 34.9. The number of carbonyl (C=O) groups is 1. The third-order valence-electron chi connectivity index (χ3n) is 1.15. The topological polar surface area (TPSA) is 66.2 Å². The number of carbonyl (C=O) groups excluding carboxylic acids is 1. The van der Waals surface area contributed by atoms with Gasteiger partial charge in [-0.3, -0.25) is 9.79 Å². The zero-order valence-electron chi connectivity index (χ0n) is 6.75. The highest BCUT2D eigenvalue weighted by Crippen LogP contribution is 2.13. The molecule has 0 spiro atoms. The zero-order chi connectivity index (χ0) is 10.6. The van der Waals surface area contributed by atoms with E-state index in [-0.39, 0.29) is 5.84 Å². The van der Waals surface area contributed by atoms with Crippen LogP contribution in [-0.4, -0.2) is 36.9 Å². The summed E-state index contributed by atoms with van der Waals surface area (Å²) in [6.45, 7) is 0.353. The smallest absolute Gasteiger partial charge is 0.283 e. The van der Waals surface area contributed by atoms with E-state index in [2.05, 4.69) is 15.1 Å². The maximum atomic E-state index is 11.6. The van der Waals surface area contributed by atoms with Crippen molar-refractivity contribution >= 4 is 24.2 Å². The van der Waals surface area contributed by atoms with Crippen LogP contribution in [0.1, 0.15) is 0 Å². The summed E-state index contributed by atoms with van der Waals surface area (Å²) in [6.07, 6.45) is -2.42. The average Bonchev–Trinajstić information content (AvgIpc) is 2.14. The SMILES string of the molecule is O=C(NN=C1C=NCC=N1)C(F)(F)F. The van der Waals surface area contributed by atoms with Gasteiger partial charge in [0.25, 0.3) is 0 Å². The molecule has 0 saturated carbocycles. The molecule has 0 aromatic heterocycles. The van der Waals surface area contributed by atoms with Gasteiger partial charge in [-0.05, 0) is 0 Å². The molecule has 0 radical (unpaired) electrons. The van der Waals surface area contributed by atoms with E-state index in [1.165, 1.54) is 11.6 Å². The average molecular weight is 206 g/mol. The number of halogens is 3. The van der Waals surface area contributed by atoms with Crippen molar-refractivity contribution in [3.63, 3.8) is 0 Å². The third-order valence-corrected chi connectivity index (χ3v) is 1.15. The first-order valence-electron chi connectivity index (χ1n) is 3.47. The van der Waals surface area contributed by atoms with Crippen molar-refractivity contribution in [2.24, 2.45) is 15.1 Å². The highest BCUT2D eigenvalue weighted by atomic mass is 19.4. The maximum absolute atomic E-state index is 11.6. The van der Waals surface area contributed by atoms with Crippen LogP contribution in [0.2, 0.25) is 0 Å². The van der Waals surface area contributed by atoms with Gasteiger partial charge in [0.2, 0.25) is 0 Å². The normalized spacial score (nSPS) is 18.6. The van der Waals surface area contributed by atoms with Crippen molar-refractivity contribution in [3.8, 4) is 0 Å². The van der Waals surface area contributed by atoms with Crippen LogP contribution >= 0.6 is 0 Å². The predicted octanol–water partition coefficient (Wildman–Crippen LogP) is 0.134. The summed E-state index contributed by atoms with van der Waals surface area (Å²) in [5, 5.41) is 3.10. The van der Waals surface area contributed by atoms with Crippen LogP contribution in [-0.2, 0) is 4.79 Å². The Balaban J connectivity index is 2.55. The van der Waals surface area contributed by atoms with Crippen molar-refractivity contribution in [1.29, 1.82) is 0 Å². The van der Waals surface area contributed by atoms with Gasteiger partial charge in [-0.1, -0.05) is 0 Å². The summed E-state index contributed by atoms with van der Waals surface area (Å²) >= 11 is 0. The van der Waals surface area contributed by atoms with Crippen molar-refractivity contribution in [2.75, 3.05) is 6.54 Å². The molecule has 0 saturated heterocycles. The fourth-order valence-corrected chi connectivity index (χ4v) is 0.578. The standard InChI is InChI=1S/C6H5F3N4O/c7-6(8,9)5(14)13-12-4-3-10-1-2-11-4/h2-3H,1H2,(H,13,14). The number of hydrogen-bond donors (Lipinski definition) is 1. The molecular formula is C6H5F3N4O. The Bertz CT molecular complexity index is 304. The van der Waals surface area contributed by atoms with Crippen LogP contribution in [0.25, 0.3) is 0 Å². The molecular weight excluding hydrogens is 201 g/mol. The van der Waals surface area contributed by atoms with E-state index in [1.807, 2.05) is 0 Å². The number of nitrogens with zero attached hydrogens (tertiary/aromatic N) is 3. The third kappa shape index (κ3) is 2.96. The molecule has 76 valence electrons. The number of aliphatic imine (C=N–C) groups is 2. The van der Waals surface area contributed by atoms with Gasteiger partial charge >= 0.3 is 12.1 Å². The number of alkyl halides is 3. The van der Waals surface area contributed by atoms with Crippen molar-refractivity contribution < 1.29 is 18.0 Å². The van der Waals surface area contributed by atoms with E-state index in [0.717, 1.165) is 6.21 Å². The molecule has 0 bridgehead atoms. The number of amidine groups is 1. The molecule has 0 atom stereocenters. The van der Waals surface area contributed by atoms with Gasteiger partial charge < -0.3 is 0 Å². The molecule has 0 unspecified atom stereocenters. The Morgan fingerprint density at radius 2 is 2.29 bits per heavy atom. The van der Waals surface area contributed by atoms with Gasteiger partial charge in [-0.25, -0.2) is 10.4 Å². The van der Waals surface area contributed by atoms with Crippen LogP contribution in [0.3, 0.4) is 0 Å². The highest BCUT2D eigenvalue weighted by molar-refractivity contribution is 6.32. The minimum Gasteiger partial charge on any atom is -0.283 e. The van der Waals surface area contributed by atoms with Gasteiger partial charge in [0, 0.05) is 6.21 Å². The van der Waals surface area contributed by atoms with E-state index in [0.29, 0.717) is 6.54 Å². The summed E-state index contributed by atoms with van der Waals surface area (Å²) in [5.41, 5.74) is 1.31. The lowest BCUT2D eigenvalue weighted by atomic mass is 10.5. The van der Waals surface area contributed by atoms with Crippen molar-refractivity contribution in [1.82, 2.24) is 5.43 Å². The number of hydrazone groups is 1. The Labute approximate surface area is 76.4 Å². The molecule has 8 heteroatoms. The second kappa shape index (κ2) is 3.99. The molecule has 1 aliphatic heterocycles. The van der Waals surface area contributed by atoms with Crippen LogP contribution in [0.5, 0.6) is 0 Å². The molecule has 0 fully saturated rings. The van der Waals surface area contributed by atoms with Gasteiger partial charge in [0.1, 0.15) is 0 Å². The number of amides is 1. The fourth-order valence-electron chi connectivity index (χ4n) is 0.578. The second-order valence-electron chi connectivity index (χ2n) is 2.21. The van der Waals surface area contributed by atoms with E-state index < -0.39 is 12.1 Å². The highest BCUT2D eigenvalue weighted by Gasteiger charge is 2.38. The monoisotopic (exact) mass is 206 g/mol. The number of rotatable bonds is 1. The van der Waals surface area contributed by atoms with Gasteiger partial charge in [-0.2, -0.15) is 18.3 Å². The summed E-state index contributed by atoms with van der Waals surface area (Å²) in [5.74, 6) is -2.21. The summed E-state index contributed by atoms with van der Waals surface area (Å²) in [7, 11) is 0. The molecule has 5 nitrogen and oxygen atoms in total. The van der Waals surface area contributed by atoms with E-state index in [4.69, 9.17) is 0 Å². The largest absolute Gasteiger partial charge is 0.473 e. The lowest BCUT2D eigenvalue weighted by molar-refractivity contribution is -0.173. The molecule has 1 aliphatic rings. The molecule has 0 aromatic carbocycles. The summed E-state index contributed by atoms with van der Waals surface area (Å²) in [4.78, 5) is 17.5. The number of hydrogen-bond acceptors (Lipinski definition) is 3. The van der Waals surface area contributed by atoms with Crippen LogP contribution in [0.4, 0.5) is 13.2 Å². The lowest BCUT2D eigenvalue weighted by Gasteiger charge is -2.03. The Morgan fingerprint density at radius 3 is 2.79 bits per heavy atom. The molecule has 1 N–H and O–H groups in total. The van der Waals surface area contributed by atoms with Gasteiger partial charge in [0.15, 0.2) is 5.84 Å². The second-order valence-corrected chi connectivity index (χ2v) is 2.21. The van der Waals surface area contributed by atoms with Crippen molar-refractivity contribution in [2.45, 2.75) is 6.18 Å². The predicted molar refractivity (Wildman–Crippen MR) is 43.5 cm³/mol. The molecule has 1 heterocycles. The van der Waals surface area contributed by atoms with E-state index in [9.17, 15) is 18.0 Å². The first-order valence-corrected chi connectivity index (χ1v) is 3.47. The van der Waals surface area contributed by atoms with Gasteiger partial charge in [-0.15, -0.1) is 0 Å². The molecule has 1 rings (SSSR count). The minimum atomic E-state index is -4.94. The van der Waals surface area contributed by atoms with Crippen LogP contribution < -0.4 is 5.43 Å². The molecule has 0 aromatic rings. The minimum absolute atomic E-state index is 0.0751.